The van der Waals surface area contributed by atoms with Crippen LogP contribution in [0.4, 0.5) is 6.01 Å². The average molecular weight is 251 g/mol. The molecule has 0 saturated carbocycles. The van der Waals surface area contributed by atoms with Crippen LogP contribution in [0.5, 0.6) is 0 Å². The van der Waals surface area contributed by atoms with Crippen molar-refractivity contribution in [2.45, 2.75) is 20.4 Å². The molecule has 0 aliphatic heterocycles. The normalized spacial score (nSPS) is 10.3. The van der Waals surface area contributed by atoms with E-state index in [1.807, 2.05) is 0 Å². The molecule has 0 spiro atoms. The van der Waals surface area contributed by atoms with Crippen LogP contribution in [0.15, 0.2) is 21.3 Å². The monoisotopic (exact) mass is 251 g/mol. The number of aryl methyl sites for hydroxylation is 1. The Hall–Kier alpha value is -2.31. The summed E-state index contributed by atoms with van der Waals surface area (Å²) >= 11 is 0. The van der Waals surface area contributed by atoms with E-state index in [0.717, 1.165) is 5.76 Å². The number of aromatic nitrogens is 2. The number of nitrogens with one attached hydrogen (secondary N) is 1. The lowest BCUT2D eigenvalue weighted by Gasteiger charge is -1.97. The maximum Gasteiger partial charge on any atom is 0.360 e. The first-order valence-corrected chi connectivity index (χ1v) is 5.47. The number of carbonyl (C=O) groups is 1. The lowest BCUT2D eigenvalue weighted by atomic mass is 10.5. The number of hydrogen-bond donors (Lipinski definition) is 1. The SMILES string of the molecule is CCOC(=O)c1coc(NCc2ncc(C)o2)n1. The van der Waals surface area contributed by atoms with Crippen LogP contribution in [0, 0.1) is 6.92 Å². The highest BCUT2D eigenvalue weighted by Crippen LogP contribution is 2.10. The molecule has 7 heteroatoms. The summed E-state index contributed by atoms with van der Waals surface area (Å²) in [5.41, 5.74) is 0.128. The smallest absolute Gasteiger partial charge is 0.360 e. The molecule has 2 aromatic heterocycles. The van der Waals surface area contributed by atoms with Crippen molar-refractivity contribution in [1.82, 2.24) is 9.97 Å². The van der Waals surface area contributed by atoms with E-state index in [1.54, 1.807) is 20.0 Å². The quantitative estimate of drug-likeness (QED) is 0.809. The van der Waals surface area contributed by atoms with Crippen LogP contribution in [-0.4, -0.2) is 22.5 Å². The van der Waals surface area contributed by atoms with Gasteiger partial charge in [-0.1, -0.05) is 0 Å². The van der Waals surface area contributed by atoms with E-state index in [1.165, 1.54) is 6.26 Å². The van der Waals surface area contributed by atoms with Crippen molar-refractivity contribution in [3.63, 3.8) is 0 Å². The van der Waals surface area contributed by atoms with Gasteiger partial charge in [0.15, 0.2) is 5.69 Å². The zero-order valence-corrected chi connectivity index (χ0v) is 10.1. The predicted molar refractivity (Wildman–Crippen MR) is 61.0 cm³/mol. The fraction of sp³-hybridized carbons (Fsp3) is 0.364. The third kappa shape index (κ3) is 2.88. The summed E-state index contributed by atoms with van der Waals surface area (Å²) < 4.78 is 15.1. The highest BCUT2D eigenvalue weighted by molar-refractivity contribution is 5.87. The molecule has 96 valence electrons. The zero-order valence-electron chi connectivity index (χ0n) is 10.1. The Morgan fingerprint density at radius 2 is 2.39 bits per heavy atom. The fourth-order valence-electron chi connectivity index (χ4n) is 1.29. The van der Waals surface area contributed by atoms with Gasteiger partial charge in [0.2, 0.25) is 5.89 Å². The van der Waals surface area contributed by atoms with Crippen LogP contribution in [0.1, 0.15) is 29.1 Å². The van der Waals surface area contributed by atoms with Gasteiger partial charge in [-0.3, -0.25) is 0 Å². The topological polar surface area (TPSA) is 90.4 Å². The van der Waals surface area contributed by atoms with Gasteiger partial charge < -0.3 is 18.9 Å². The summed E-state index contributed by atoms with van der Waals surface area (Å²) in [7, 11) is 0. The molecule has 18 heavy (non-hydrogen) atoms. The van der Waals surface area contributed by atoms with Crippen molar-refractivity contribution in [1.29, 1.82) is 0 Å². The largest absolute Gasteiger partial charge is 0.461 e. The van der Waals surface area contributed by atoms with Gasteiger partial charge >= 0.3 is 5.97 Å². The molecule has 0 bridgehead atoms. The molecule has 0 amide bonds. The number of nitrogens with zero attached hydrogens (tertiary/aromatic N) is 2. The molecular weight excluding hydrogens is 238 g/mol. The number of anilines is 1. The summed E-state index contributed by atoms with van der Waals surface area (Å²) in [5.74, 6) is 0.732. The van der Waals surface area contributed by atoms with E-state index in [0.29, 0.717) is 19.0 Å². The lowest BCUT2D eigenvalue weighted by molar-refractivity contribution is 0.0519. The molecule has 7 nitrogen and oxygen atoms in total. The molecule has 0 atom stereocenters. The second-order valence-corrected chi connectivity index (χ2v) is 3.48. The van der Waals surface area contributed by atoms with Gasteiger partial charge in [-0.15, -0.1) is 0 Å². The van der Waals surface area contributed by atoms with Crippen molar-refractivity contribution < 1.29 is 18.4 Å². The average Bonchev–Trinajstić information content (AvgIpc) is 2.95. The first-order valence-electron chi connectivity index (χ1n) is 5.47. The Morgan fingerprint density at radius 3 is 3.06 bits per heavy atom. The van der Waals surface area contributed by atoms with Crippen LogP contribution in [0.25, 0.3) is 0 Å². The van der Waals surface area contributed by atoms with Crippen molar-refractivity contribution in [3.05, 3.63) is 29.8 Å². The molecule has 0 saturated heterocycles. The summed E-state index contributed by atoms with van der Waals surface area (Å²) in [6, 6.07) is 0.217. The molecule has 0 radical (unpaired) electrons. The maximum atomic E-state index is 11.3. The van der Waals surface area contributed by atoms with Crippen molar-refractivity contribution in [2.75, 3.05) is 11.9 Å². The van der Waals surface area contributed by atoms with Crippen LogP contribution in [-0.2, 0) is 11.3 Å². The Labute approximate surface area is 103 Å². The minimum atomic E-state index is -0.513. The van der Waals surface area contributed by atoms with Gasteiger partial charge in [-0.25, -0.2) is 9.78 Å². The van der Waals surface area contributed by atoms with Crippen molar-refractivity contribution in [3.8, 4) is 0 Å². The second kappa shape index (κ2) is 5.35. The van der Waals surface area contributed by atoms with Crippen LogP contribution < -0.4 is 5.32 Å². The van der Waals surface area contributed by atoms with Gasteiger partial charge in [0.1, 0.15) is 12.0 Å². The molecule has 0 aliphatic carbocycles. The summed E-state index contributed by atoms with van der Waals surface area (Å²) in [6.45, 7) is 4.16. The van der Waals surface area contributed by atoms with Crippen molar-refractivity contribution in [2.24, 2.45) is 0 Å². The zero-order chi connectivity index (χ0) is 13.0. The van der Waals surface area contributed by atoms with Crippen LogP contribution in [0.3, 0.4) is 0 Å². The van der Waals surface area contributed by atoms with Gasteiger partial charge in [-0.05, 0) is 13.8 Å². The Morgan fingerprint density at radius 1 is 1.56 bits per heavy atom. The van der Waals surface area contributed by atoms with E-state index in [9.17, 15) is 4.79 Å². The van der Waals surface area contributed by atoms with Gasteiger partial charge in [0.25, 0.3) is 6.01 Å². The molecule has 2 heterocycles. The van der Waals surface area contributed by atoms with Crippen LogP contribution >= 0.6 is 0 Å². The highest BCUT2D eigenvalue weighted by Gasteiger charge is 2.13. The molecule has 0 unspecified atom stereocenters. The molecule has 1 N–H and O–H groups in total. The third-order valence-electron chi connectivity index (χ3n) is 2.05. The number of hydrogen-bond acceptors (Lipinski definition) is 7. The maximum absolute atomic E-state index is 11.3. The number of carbonyl (C=O) groups excluding carboxylic acids is 1. The van der Waals surface area contributed by atoms with E-state index in [-0.39, 0.29) is 11.7 Å². The Bertz CT molecular complexity index is 532. The predicted octanol–water partition coefficient (Wildman–Crippen LogP) is 1.76. The summed E-state index contributed by atoms with van der Waals surface area (Å²) in [4.78, 5) is 19.3. The Balaban J connectivity index is 1.92. The molecule has 0 fully saturated rings. The molecular formula is C11H13N3O4. The number of esters is 1. The van der Waals surface area contributed by atoms with E-state index in [2.05, 4.69) is 15.3 Å². The van der Waals surface area contributed by atoms with E-state index in [4.69, 9.17) is 13.6 Å². The lowest BCUT2D eigenvalue weighted by Crippen LogP contribution is -2.05. The number of ether oxygens (including phenoxy) is 1. The molecule has 2 aromatic rings. The number of rotatable bonds is 5. The van der Waals surface area contributed by atoms with Gasteiger partial charge in [-0.2, -0.15) is 4.98 Å². The minimum absolute atomic E-state index is 0.128. The standard InChI is InChI=1S/C11H13N3O4/c1-3-16-10(15)8-6-17-11(14-8)13-5-9-12-4-7(2)18-9/h4,6H,3,5H2,1-2H3,(H,13,14). The summed E-state index contributed by atoms with van der Waals surface area (Å²) in [5, 5.41) is 2.85. The minimum Gasteiger partial charge on any atom is -0.461 e. The highest BCUT2D eigenvalue weighted by atomic mass is 16.5. The second-order valence-electron chi connectivity index (χ2n) is 3.48. The van der Waals surface area contributed by atoms with Gasteiger partial charge in [0.05, 0.1) is 19.3 Å². The van der Waals surface area contributed by atoms with Gasteiger partial charge in [0, 0.05) is 0 Å². The van der Waals surface area contributed by atoms with Crippen LogP contribution in [0.2, 0.25) is 0 Å². The molecule has 0 aromatic carbocycles. The van der Waals surface area contributed by atoms with E-state index < -0.39 is 5.97 Å². The molecule has 0 aliphatic rings. The summed E-state index contributed by atoms with van der Waals surface area (Å²) in [6.07, 6.45) is 2.86. The molecule has 2 rings (SSSR count). The number of oxazole rings is 2. The fourth-order valence-corrected chi connectivity index (χ4v) is 1.29. The van der Waals surface area contributed by atoms with E-state index >= 15 is 0 Å². The Kier molecular flexibility index (Phi) is 3.61. The first-order chi connectivity index (χ1) is 8.69. The first kappa shape index (κ1) is 12.2. The third-order valence-corrected chi connectivity index (χ3v) is 2.05. The van der Waals surface area contributed by atoms with Crippen molar-refractivity contribution >= 4 is 12.0 Å².